The molecule has 0 aromatic heterocycles. The molecule has 0 aliphatic rings. The molecule has 5 heteroatoms. The third-order valence-corrected chi connectivity index (χ3v) is 1.13. The van der Waals surface area contributed by atoms with Crippen LogP contribution in [0.1, 0.15) is 6.92 Å². The van der Waals surface area contributed by atoms with Crippen molar-refractivity contribution >= 4 is 0 Å². The van der Waals surface area contributed by atoms with Gasteiger partial charge in [0, 0.05) is 6.04 Å². The molecular formula is C6H12F3NO. The normalized spacial score (nSPS) is 15.0. The van der Waals surface area contributed by atoms with Gasteiger partial charge in [0.25, 0.3) is 0 Å². The van der Waals surface area contributed by atoms with Crippen LogP contribution in [0.3, 0.4) is 0 Å². The van der Waals surface area contributed by atoms with Crippen molar-refractivity contribution in [2.75, 3.05) is 20.3 Å². The predicted molar refractivity (Wildman–Crippen MR) is 35.4 cm³/mol. The van der Waals surface area contributed by atoms with Gasteiger partial charge >= 0.3 is 6.18 Å². The topological polar surface area (TPSA) is 21.3 Å². The average molecular weight is 171 g/mol. The highest BCUT2D eigenvalue weighted by Gasteiger charge is 2.27. The fourth-order valence-electron chi connectivity index (χ4n) is 0.435. The molecule has 1 N–H and O–H groups in total. The van der Waals surface area contributed by atoms with E-state index in [-0.39, 0.29) is 12.6 Å². The minimum atomic E-state index is -4.21. The molecule has 11 heavy (non-hydrogen) atoms. The van der Waals surface area contributed by atoms with Crippen LogP contribution < -0.4 is 5.32 Å². The SMILES string of the molecule is CNC(C)COCC(F)(F)F. The van der Waals surface area contributed by atoms with Crippen molar-refractivity contribution in [1.29, 1.82) is 0 Å². The van der Waals surface area contributed by atoms with Crippen LogP contribution in [-0.4, -0.2) is 32.5 Å². The van der Waals surface area contributed by atoms with Gasteiger partial charge in [-0.3, -0.25) is 0 Å². The van der Waals surface area contributed by atoms with Gasteiger partial charge in [-0.1, -0.05) is 0 Å². The summed E-state index contributed by atoms with van der Waals surface area (Å²) in [4.78, 5) is 0. The summed E-state index contributed by atoms with van der Waals surface area (Å²) >= 11 is 0. The summed E-state index contributed by atoms with van der Waals surface area (Å²) in [6.45, 7) is 0.658. The van der Waals surface area contributed by atoms with Crippen LogP contribution in [-0.2, 0) is 4.74 Å². The molecule has 0 aromatic carbocycles. The van der Waals surface area contributed by atoms with E-state index in [1.807, 2.05) is 0 Å². The summed E-state index contributed by atoms with van der Waals surface area (Å²) in [7, 11) is 1.67. The Kier molecular flexibility index (Phi) is 4.44. The van der Waals surface area contributed by atoms with E-state index >= 15 is 0 Å². The van der Waals surface area contributed by atoms with Crippen LogP contribution in [0.15, 0.2) is 0 Å². The second-order valence-electron chi connectivity index (χ2n) is 2.32. The van der Waals surface area contributed by atoms with Gasteiger partial charge in [0.05, 0.1) is 6.61 Å². The van der Waals surface area contributed by atoms with Crippen LogP contribution in [0.5, 0.6) is 0 Å². The Bertz CT molecular complexity index is 104. The van der Waals surface area contributed by atoms with E-state index < -0.39 is 12.8 Å². The number of alkyl halides is 3. The fourth-order valence-corrected chi connectivity index (χ4v) is 0.435. The third kappa shape index (κ3) is 7.61. The van der Waals surface area contributed by atoms with Crippen molar-refractivity contribution in [3.63, 3.8) is 0 Å². The maximum atomic E-state index is 11.5. The van der Waals surface area contributed by atoms with E-state index in [4.69, 9.17) is 0 Å². The average Bonchev–Trinajstić information content (AvgIpc) is 1.85. The summed E-state index contributed by atoms with van der Waals surface area (Å²) < 4.78 is 38.8. The zero-order chi connectivity index (χ0) is 8.91. The molecule has 1 atom stereocenters. The first-order valence-electron chi connectivity index (χ1n) is 3.27. The van der Waals surface area contributed by atoms with Crippen molar-refractivity contribution < 1.29 is 17.9 Å². The molecule has 1 unspecified atom stereocenters. The molecule has 0 aliphatic carbocycles. The lowest BCUT2D eigenvalue weighted by Gasteiger charge is -2.11. The third-order valence-electron chi connectivity index (χ3n) is 1.13. The van der Waals surface area contributed by atoms with Crippen molar-refractivity contribution in [2.24, 2.45) is 0 Å². The second-order valence-corrected chi connectivity index (χ2v) is 2.32. The first kappa shape index (κ1) is 10.7. The van der Waals surface area contributed by atoms with Gasteiger partial charge in [-0.05, 0) is 14.0 Å². The number of hydrogen-bond donors (Lipinski definition) is 1. The van der Waals surface area contributed by atoms with Gasteiger partial charge in [0.2, 0.25) is 0 Å². The Morgan fingerprint density at radius 2 is 2.00 bits per heavy atom. The van der Waals surface area contributed by atoms with Gasteiger partial charge in [-0.15, -0.1) is 0 Å². The van der Waals surface area contributed by atoms with Gasteiger partial charge in [0.15, 0.2) is 0 Å². The monoisotopic (exact) mass is 171 g/mol. The summed E-state index contributed by atoms with van der Waals surface area (Å²) in [6, 6.07) is -0.0441. The number of ether oxygens (including phenoxy) is 1. The highest BCUT2D eigenvalue weighted by atomic mass is 19.4. The molecule has 0 radical (unpaired) electrons. The lowest BCUT2D eigenvalue weighted by Crippen LogP contribution is -2.29. The van der Waals surface area contributed by atoms with E-state index in [9.17, 15) is 13.2 Å². The van der Waals surface area contributed by atoms with Gasteiger partial charge in [0.1, 0.15) is 6.61 Å². The van der Waals surface area contributed by atoms with Crippen molar-refractivity contribution in [2.45, 2.75) is 19.1 Å². The number of halogens is 3. The Balaban J connectivity index is 3.28. The maximum absolute atomic E-state index is 11.5. The maximum Gasteiger partial charge on any atom is 0.411 e. The minimum absolute atomic E-state index is 0.0441. The molecule has 0 bridgehead atoms. The largest absolute Gasteiger partial charge is 0.411 e. The first-order valence-corrected chi connectivity index (χ1v) is 3.27. The van der Waals surface area contributed by atoms with E-state index in [0.29, 0.717) is 0 Å². The van der Waals surface area contributed by atoms with Crippen molar-refractivity contribution in [3.8, 4) is 0 Å². The molecule has 0 aliphatic heterocycles. The number of nitrogens with one attached hydrogen (secondary N) is 1. The van der Waals surface area contributed by atoms with Crippen LogP contribution in [0.2, 0.25) is 0 Å². The fraction of sp³-hybridized carbons (Fsp3) is 1.00. The van der Waals surface area contributed by atoms with Crippen molar-refractivity contribution in [3.05, 3.63) is 0 Å². The number of rotatable bonds is 4. The molecule has 0 saturated heterocycles. The highest BCUT2D eigenvalue weighted by molar-refractivity contribution is 4.55. The van der Waals surface area contributed by atoms with Crippen LogP contribution in [0.4, 0.5) is 13.2 Å². The van der Waals surface area contributed by atoms with Crippen molar-refractivity contribution in [1.82, 2.24) is 5.32 Å². The van der Waals surface area contributed by atoms with E-state index in [2.05, 4.69) is 10.1 Å². The predicted octanol–water partition coefficient (Wildman–Crippen LogP) is 1.17. The number of hydrogen-bond acceptors (Lipinski definition) is 2. The Labute approximate surface area is 63.7 Å². The molecule has 0 heterocycles. The Morgan fingerprint density at radius 3 is 2.36 bits per heavy atom. The Morgan fingerprint density at radius 1 is 1.45 bits per heavy atom. The summed E-state index contributed by atoms with van der Waals surface area (Å²) in [5, 5.41) is 2.76. The summed E-state index contributed by atoms with van der Waals surface area (Å²) in [5.41, 5.74) is 0. The van der Waals surface area contributed by atoms with E-state index in [0.717, 1.165) is 0 Å². The molecule has 0 rings (SSSR count). The smallest absolute Gasteiger partial charge is 0.370 e. The molecular weight excluding hydrogens is 159 g/mol. The zero-order valence-electron chi connectivity index (χ0n) is 6.53. The zero-order valence-corrected chi connectivity index (χ0v) is 6.53. The number of likely N-dealkylation sites (N-methyl/N-ethyl adjacent to an activating group) is 1. The van der Waals surface area contributed by atoms with Gasteiger partial charge < -0.3 is 10.1 Å². The molecule has 68 valence electrons. The standard InChI is InChI=1S/C6H12F3NO/c1-5(10-2)3-11-4-6(7,8)9/h5,10H,3-4H2,1-2H3. The molecule has 0 aromatic rings. The van der Waals surface area contributed by atoms with Crippen LogP contribution in [0, 0.1) is 0 Å². The molecule has 0 amide bonds. The van der Waals surface area contributed by atoms with E-state index in [1.165, 1.54) is 0 Å². The van der Waals surface area contributed by atoms with Gasteiger partial charge in [-0.25, -0.2) is 0 Å². The lowest BCUT2D eigenvalue weighted by molar-refractivity contribution is -0.174. The quantitative estimate of drug-likeness (QED) is 0.685. The van der Waals surface area contributed by atoms with Gasteiger partial charge in [-0.2, -0.15) is 13.2 Å². The highest BCUT2D eigenvalue weighted by Crippen LogP contribution is 2.14. The van der Waals surface area contributed by atoms with Crippen LogP contribution in [0.25, 0.3) is 0 Å². The van der Waals surface area contributed by atoms with Crippen LogP contribution >= 0.6 is 0 Å². The molecule has 0 fully saturated rings. The second kappa shape index (κ2) is 4.56. The summed E-state index contributed by atoms with van der Waals surface area (Å²) in [5.74, 6) is 0. The molecule has 2 nitrogen and oxygen atoms in total. The summed E-state index contributed by atoms with van der Waals surface area (Å²) in [6.07, 6.45) is -4.21. The molecule has 0 spiro atoms. The Hall–Kier alpha value is -0.290. The first-order chi connectivity index (χ1) is 4.95. The lowest BCUT2D eigenvalue weighted by atomic mass is 10.4. The molecule has 0 saturated carbocycles. The minimum Gasteiger partial charge on any atom is -0.370 e. The van der Waals surface area contributed by atoms with E-state index in [1.54, 1.807) is 14.0 Å².